The van der Waals surface area contributed by atoms with E-state index >= 15 is 0 Å². The largest absolute Gasteiger partial charge is 0.499 e. The van der Waals surface area contributed by atoms with Crippen LogP contribution in [-0.2, 0) is 0 Å². The zero-order chi connectivity index (χ0) is 21.1. The molecule has 0 bridgehead atoms. The van der Waals surface area contributed by atoms with Gasteiger partial charge in [-0.05, 0) is 67.1 Å². The first kappa shape index (κ1) is 22.4. The Kier molecular flexibility index (Phi) is 7.10. The first-order valence-electron chi connectivity index (χ1n) is 10.9. The molecule has 0 N–H and O–H groups in total. The maximum absolute atomic E-state index is 13.0. The van der Waals surface area contributed by atoms with E-state index in [9.17, 15) is 22.0 Å². The Morgan fingerprint density at radius 3 is 1.72 bits per heavy atom. The summed E-state index contributed by atoms with van der Waals surface area (Å²) in [7, 11) is 0. The Balaban J connectivity index is 1.43. The summed E-state index contributed by atoms with van der Waals surface area (Å²) >= 11 is 0. The highest BCUT2D eigenvalue weighted by molar-refractivity contribution is 5.30. The molecule has 3 rings (SSSR count). The molecule has 0 unspecified atom stereocenters. The first-order chi connectivity index (χ1) is 13.6. The van der Waals surface area contributed by atoms with Gasteiger partial charge < -0.3 is 4.74 Å². The Morgan fingerprint density at radius 1 is 0.759 bits per heavy atom. The van der Waals surface area contributed by atoms with Crippen molar-refractivity contribution in [3.63, 3.8) is 0 Å². The fraction of sp³-hybridized carbons (Fsp3) is 0.739. The molecule has 0 atom stereocenters. The van der Waals surface area contributed by atoms with E-state index in [1.54, 1.807) is 12.1 Å². The van der Waals surface area contributed by atoms with Gasteiger partial charge in [0.05, 0.1) is 0 Å². The molecular weight excluding hydrogens is 387 g/mol. The van der Waals surface area contributed by atoms with Crippen molar-refractivity contribution < 1.29 is 26.7 Å². The molecule has 1 nitrogen and oxygen atoms in total. The maximum atomic E-state index is 13.0. The van der Waals surface area contributed by atoms with Crippen LogP contribution in [0.3, 0.4) is 0 Å². The summed E-state index contributed by atoms with van der Waals surface area (Å²) in [6, 6.07) is 5.67. The number of alkyl halides is 5. The number of rotatable bonds is 6. The van der Waals surface area contributed by atoms with Crippen LogP contribution in [0, 0.1) is 17.8 Å². The molecule has 29 heavy (non-hydrogen) atoms. The smallest absolute Gasteiger partial charge is 0.426 e. The van der Waals surface area contributed by atoms with Crippen molar-refractivity contribution in [3.05, 3.63) is 29.8 Å². The lowest BCUT2D eigenvalue weighted by molar-refractivity contribution is -0.360. The third-order valence-corrected chi connectivity index (χ3v) is 6.89. The van der Waals surface area contributed by atoms with Gasteiger partial charge in [0.1, 0.15) is 5.75 Å². The standard InChI is InChI=1S/C23H31F5O/c1-16-2-4-17(5-3-16)6-7-18-8-10-19(11-9-18)20-12-14-21(15-13-20)29-23(27,28)22(24,25)26/h12-19H,2-11H2,1H3/t16-,17-,18-,19-. The van der Waals surface area contributed by atoms with Gasteiger partial charge in [0, 0.05) is 0 Å². The highest BCUT2D eigenvalue weighted by atomic mass is 19.4. The minimum absolute atomic E-state index is 0.346. The van der Waals surface area contributed by atoms with E-state index in [1.165, 1.54) is 50.7 Å². The van der Waals surface area contributed by atoms with Crippen molar-refractivity contribution in [1.29, 1.82) is 0 Å². The summed E-state index contributed by atoms with van der Waals surface area (Å²) in [6.07, 6.45) is 1.64. The van der Waals surface area contributed by atoms with Crippen LogP contribution >= 0.6 is 0 Å². The number of ether oxygens (including phenoxy) is 1. The summed E-state index contributed by atoms with van der Waals surface area (Å²) < 4.78 is 66.6. The zero-order valence-corrected chi connectivity index (χ0v) is 17.0. The highest BCUT2D eigenvalue weighted by Crippen LogP contribution is 2.41. The van der Waals surface area contributed by atoms with E-state index in [0.717, 1.165) is 49.0 Å². The molecule has 2 saturated carbocycles. The molecule has 2 fully saturated rings. The van der Waals surface area contributed by atoms with Crippen LogP contribution in [0.1, 0.15) is 82.6 Å². The fourth-order valence-corrected chi connectivity index (χ4v) is 4.89. The number of hydrogen-bond acceptors (Lipinski definition) is 1. The minimum atomic E-state index is -5.72. The minimum Gasteiger partial charge on any atom is -0.426 e. The second-order valence-electron chi connectivity index (χ2n) is 9.11. The van der Waals surface area contributed by atoms with E-state index in [-0.39, 0.29) is 0 Å². The summed E-state index contributed by atoms with van der Waals surface area (Å²) in [5.41, 5.74) is 0.993. The third-order valence-electron chi connectivity index (χ3n) is 6.89. The van der Waals surface area contributed by atoms with Gasteiger partial charge in [-0.1, -0.05) is 57.6 Å². The zero-order valence-electron chi connectivity index (χ0n) is 17.0. The lowest BCUT2D eigenvalue weighted by atomic mass is 9.74. The molecule has 0 radical (unpaired) electrons. The molecule has 1 aromatic rings. The SMILES string of the molecule is C[C@H]1CC[C@H](CC[C@H]2CC[C@H](c3ccc(OC(F)(F)C(F)(F)F)cc3)CC2)CC1. The maximum Gasteiger partial charge on any atom is 0.499 e. The van der Waals surface area contributed by atoms with Crippen LogP contribution in [-0.4, -0.2) is 12.3 Å². The average molecular weight is 418 g/mol. The van der Waals surface area contributed by atoms with E-state index in [0.29, 0.717) is 5.92 Å². The fourth-order valence-electron chi connectivity index (χ4n) is 4.89. The van der Waals surface area contributed by atoms with Gasteiger partial charge in [-0.15, -0.1) is 0 Å². The van der Waals surface area contributed by atoms with Gasteiger partial charge >= 0.3 is 12.3 Å². The van der Waals surface area contributed by atoms with E-state index in [1.807, 2.05) is 0 Å². The van der Waals surface area contributed by atoms with Crippen LogP contribution in [0.15, 0.2) is 24.3 Å². The number of halogens is 5. The summed E-state index contributed by atoms with van der Waals surface area (Å²) in [6.45, 7) is 2.35. The van der Waals surface area contributed by atoms with Gasteiger partial charge in [0.2, 0.25) is 0 Å². The Morgan fingerprint density at radius 2 is 1.24 bits per heavy atom. The van der Waals surface area contributed by atoms with Crippen molar-refractivity contribution in [2.45, 2.75) is 89.3 Å². The van der Waals surface area contributed by atoms with Crippen LogP contribution in [0.5, 0.6) is 5.75 Å². The van der Waals surface area contributed by atoms with Crippen molar-refractivity contribution in [3.8, 4) is 5.75 Å². The van der Waals surface area contributed by atoms with E-state index in [4.69, 9.17) is 0 Å². The van der Waals surface area contributed by atoms with Crippen molar-refractivity contribution in [2.75, 3.05) is 0 Å². The molecule has 6 heteroatoms. The first-order valence-corrected chi connectivity index (χ1v) is 10.9. The molecule has 0 aromatic heterocycles. The predicted molar refractivity (Wildman–Crippen MR) is 103 cm³/mol. The lowest BCUT2D eigenvalue weighted by Crippen LogP contribution is -2.41. The number of benzene rings is 1. The molecule has 0 amide bonds. The Hall–Kier alpha value is -1.33. The number of hydrogen-bond donors (Lipinski definition) is 0. The molecule has 0 saturated heterocycles. The molecule has 164 valence electrons. The van der Waals surface area contributed by atoms with Crippen molar-refractivity contribution >= 4 is 0 Å². The Labute approximate surface area is 170 Å². The summed E-state index contributed by atoms with van der Waals surface area (Å²) in [5, 5.41) is 0. The second-order valence-corrected chi connectivity index (χ2v) is 9.11. The van der Waals surface area contributed by atoms with Gasteiger partial charge in [0.15, 0.2) is 0 Å². The molecule has 1 aromatic carbocycles. The van der Waals surface area contributed by atoms with E-state index in [2.05, 4.69) is 11.7 Å². The predicted octanol–water partition coefficient (Wildman–Crippen LogP) is 8.10. The normalized spacial score (nSPS) is 28.9. The second kappa shape index (κ2) is 9.22. The molecule has 0 aliphatic heterocycles. The van der Waals surface area contributed by atoms with Crippen LogP contribution in [0.4, 0.5) is 22.0 Å². The summed E-state index contributed by atoms with van der Waals surface area (Å²) in [5.74, 6) is 2.42. The molecule has 0 heterocycles. The van der Waals surface area contributed by atoms with Gasteiger partial charge in [-0.25, -0.2) is 0 Å². The lowest BCUT2D eigenvalue weighted by Gasteiger charge is -2.31. The monoisotopic (exact) mass is 418 g/mol. The Bertz CT molecular complexity index is 624. The van der Waals surface area contributed by atoms with Crippen LogP contribution in [0.25, 0.3) is 0 Å². The molecule has 2 aliphatic rings. The highest BCUT2D eigenvalue weighted by Gasteiger charge is 2.61. The van der Waals surface area contributed by atoms with Gasteiger partial charge in [-0.3, -0.25) is 0 Å². The third kappa shape index (κ3) is 6.08. The van der Waals surface area contributed by atoms with Crippen molar-refractivity contribution in [1.82, 2.24) is 0 Å². The van der Waals surface area contributed by atoms with Crippen LogP contribution < -0.4 is 4.74 Å². The molecular formula is C23H31F5O. The van der Waals surface area contributed by atoms with Crippen LogP contribution in [0.2, 0.25) is 0 Å². The summed E-state index contributed by atoms with van der Waals surface area (Å²) in [4.78, 5) is 0. The molecule has 2 aliphatic carbocycles. The van der Waals surface area contributed by atoms with E-state index < -0.39 is 18.0 Å². The quantitative estimate of drug-likeness (QED) is 0.424. The topological polar surface area (TPSA) is 9.23 Å². The average Bonchev–Trinajstić information content (AvgIpc) is 2.67. The van der Waals surface area contributed by atoms with Crippen molar-refractivity contribution in [2.24, 2.45) is 17.8 Å². The molecule has 0 spiro atoms. The van der Waals surface area contributed by atoms with Gasteiger partial charge in [-0.2, -0.15) is 22.0 Å². The van der Waals surface area contributed by atoms with Gasteiger partial charge in [0.25, 0.3) is 0 Å².